The van der Waals surface area contributed by atoms with Gasteiger partial charge in [-0.05, 0) is 44.6 Å². The molecule has 112 valence electrons. The van der Waals surface area contributed by atoms with Gasteiger partial charge < -0.3 is 10.3 Å². The third-order valence-corrected chi connectivity index (χ3v) is 6.35. The van der Waals surface area contributed by atoms with Crippen molar-refractivity contribution in [2.75, 3.05) is 7.05 Å². The van der Waals surface area contributed by atoms with Gasteiger partial charge in [-0.2, -0.15) is 4.31 Å². The van der Waals surface area contributed by atoms with Crippen molar-refractivity contribution in [2.24, 2.45) is 5.92 Å². The van der Waals surface area contributed by atoms with E-state index in [-0.39, 0.29) is 6.04 Å². The van der Waals surface area contributed by atoms with Gasteiger partial charge in [-0.1, -0.05) is 0 Å². The maximum Gasteiger partial charge on any atom is 0.244 e. The lowest BCUT2D eigenvalue weighted by Crippen LogP contribution is -2.36. The first kappa shape index (κ1) is 14.1. The lowest BCUT2D eigenvalue weighted by atomic mass is 10.2. The monoisotopic (exact) mass is 297 g/mol. The van der Waals surface area contributed by atoms with Crippen LogP contribution in [0.5, 0.6) is 0 Å². The zero-order chi connectivity index (χ0) is 14.3. The zero-order valence-electron chi connectivity index (χ0n) is 12.1. The molecule has 0 bridgehead atoms. The van der Waals surface area contributed by atoms with E-state index in [1.54, 1.807) is 19.3 Å². The number of nitrogens with one attached hydrogen (secondary N) is 2. The summed E-state index contributed by atoms with van der Waals surface area (Å²) in [6, 6.07) is 2.46. The Labute approximate surface area is 120 Å². The molecule has 0 amide bonds. The molecule has 6 heteroatoms. The Bertz CT molecular complexity index is 573. The van der Waals surface area contributed by atoms with Crippen molar-refractivity contribution in [1.29, 1.82) is 0 Å². The minimum atomic E-state index is -3.37. The molecule has 2 N–H and O–H groups in total. The maximum atomic E-state index is 12.6. The van der Waals surface area contributed by atoms with E-state index >= 15 is 0 Å². The van der Waals surface area contributed by atoms with Crippen molar-refractivity contribution in [3.63, 3.8) is 0 Å². The molecular weight excluding hydrogens is 274 g/mol. The van der Waals surface area contributed by atoms with Crippen LogP contribution >= 0.6 is 0 Å². The molecule has 2 aliphatic rings. The minimum absolute atomic E-state index is 0.0861. The number of aromatic nitrogens is 1. The number of nitrogens with zero attached hydrogens (tertiary/aromatic N) is 1. The fourth-order valence-corrected chi connectivity index (χ4v) is 3.91. The minimum Gasteiger partial charge on any atom is -0.363 e. The molecule has 2 saturated carbocycles. The summed E-state index contributed by atoms with van der Waals surface area (Å²) in [6.07, 6.45) is 6.35. The van der Waals surface area contributed by atoms with Crippen LogP contribution < -0.4 is 5.32 Å². The fraction of sp³-hybridized carbons (Fsp3) is 0.714. The summed E-state index contributed by atoms with van der Waals surface area (Å²) in [5.41, 5.74) is 0.933. The predicted molar refractivity (Wildman–Crippen MR) is 77.8 cm³/mol. The number of H-pyrrole nitrogens is 1. The van der Waals surface area contributed by atoms with Crippen LogP contribution in [0.2, 0.25) is 0 Å². The molecule has 20 heavy (non-hydrogen) atoms. The van der Waals surface area contributed by atoms with Gasteiger partial charge in [0.15, 0.2) is 0 Å². The molecule has 2 fully saturated rings. The Balaban J connectivity index is 1.69. The van der Waals surface area contributed by atoms with Crippen LogP contribution in [0, 0.1) is 5.92 Å². The lowest BCUT2D eigenvalue weighted by Gasteiger charge is -2.23. The molecule has 0 aromatic carbocycles. The molecule has 1 heterocycles. The van der Waals surface area contributed by atoms with Crippen molar-refractivity contribution < 1.29 is 8.42 Å². The van der Waals surface area contributed by atoms with E-state index in [4.69, 9.17) is 0 Å². The summed E-state index contributed by atoms with van der Waals surface area (Å²) >= 11 is 0. The van der Waals surface area contributed by atoms with Crippen molar-refractivity contribution in [1.82, 2.24) is 14.6 Å². The van der Waals surface area contributed by atoms with E-state index in [0.717, 1.165) is 18.5 Å². The van der Waals surface area contributed by atoms with Gasteiger partial charge >= 0.3 is 0 Å². The Morgan fingerprint density at radius 3 is 2.70 bits per heavy atom. The van der Waals surface area contributed by atoms with Crippen LogP contribution in [0.1, 0.15) is 38.3 Å². The van der Waals surface area contributed by atoms with Crippen LogP contribution in [0.4, 0.5) is 0 Å². The van der Waals surface area contributed by atoms with E-state index in [1.807, 2.05) is 6.92 Å². The van der Waals surface area contributed by atoms with Gasteiger partial charge in [-0.25, -0.2) is 8.42 Å². The Morgan fingerprint density at radius 1 is 1.40 bits per heavy atom. The Hall–Kier alpha value is -0.850. The van der Waals surface area contributed by atoms with Gasteiger partial charge in [-0.3, -0.25) is 0 Å². The highest BCUT2D eigenvalue weighted by molar-refractivity contribution is 7.89. The second-order valence-electron chi connectivity index (χ2n) is 6.12. The van der Waals surface area contributed by atoms with Crippen LogP contribution in [0.3, 0.4) is 0 Å². The zero-order valence-corrected chi connectivity index (χ0v) is 12.9. The molecule has 0 radical (unpaired) electrons. The van der Waals surface area contributed by atoms with Gasteiger partial charge in [0.1, 0.15) is 0 Å². The van der Waals surface area contributed by atoms with Gasteiger partial charge in [0, 0.05) is 37.6 Å². The number of rotatable bonds is 7. The third-order valence-electron chi connectivity index (χ3n) is 4.43. The topological polar surface area (TPSA) is 65.2 Å². The second-order valence-corrected chi connectivity index (χ2v) is 8.11. The summed E-state index contributed by atoms with van der Waals surface area (Å²) in [5, 5.41) is 3.38. The van der Waals surface area contributed by atoms with Crippen LogP contribution in [0.25, 0.3) is 0 Å². The van der Waals surface area contributed by atoms with Gasteiger partial charge in [0.25, 0.3) is 0 Å². The summed E-state index contributed by atoms with van der Waals surface area (Å²) in [7, 11) is -1.68. The summed E-state index contributed by atoms with van der Waals surface area (Å²) in [5.74, 6) is 0.532. The molecule has 5 nitrogen and oxygen atoms in total. The summed E-state index contributed by atoms with van der Waals surface area (Å²) in [4.78, 5) is 3.44. The average Bonchev–Trinajstić information content (AvgIpc) is 3.34. The van der Waals surface area contributed by atoms with Crippen molar-refractivity contribution in [3.05, 3.63) is 18.0 Å². The Morgan fingerprint density at radius 2 is 2.10 bits per heavy atom. The summed E-state index contributed by atoms with van der Waals surface area (Å²) in [6.45, 7) is 2.71. The third kappa shape index (κ3) is 2.92. The van der Waals surface area contributed by atoms with Gasteiger partial charge in [-0.15, -0.1) is 0 Å². The molecule has 1 atom stereocenters. The van der Waals surface area contributed by atoms with Gasteiger partial charge in [0.05, 0.1) is 4.90 Å². The standard InChI is InChI=1S/C14H23N3O2S/c1-10(11-3-4-11)17(2)20(18,19)14-7-13(16-9-14)8-15-12-5-6-12/h7,9-12,15-16H,3-6,8H2,1-2H3. The molecule has 1 unspecified atom stereocenters. The van der Waals surface area contributed by atoms with E-state index in [9.17, 15) is 8.42 Å². The normalized spacial score (nSPS) is 21.4. The number of hydrogen-bond donors (Lipinski definition) is 2. The highest BCUT2D eigenvalue weighted by Gasteiger charge is 2.36. The average molecular weight is 297 g/mol. The first-order valence-electron chi connectivity index (χ1n) is 7.37. The van der Waals surface area contributed by atoms with E-state index in [1.165, 1.54) is 17.1 Å². The Kier molecular flexibility index (Phi) is 3.64. The highest BCUT2D eigenvalue weighted by Crippen LogP contribution is 2.36. The molecular formula is C14H23N3O2S. The van der Waals surface area contributed by atoms with Crippen LogP contribution in [-0.4, -0.2) is 36.8 Å². The molecule has 3 rings (SSSR count). The SMILES string of the molecule is CC(C1CC1)N(C)S(=O)(=O)c1c[nH]c(CNC2CC2)c1. The molecule has 2 aliphatic carbocycles. The van der Waals surface area contributed by atoms with Crippen LogP contribution in [0.15, 0.2) is 17.2 Å². The van der Waals surface area contributed by atoms with Crippen molar-refractivity contribution in [3.8, 4) is 0 Å². The maximum absolute atomic E-state index is 12.6. The number of hydrogen-bond acceptors (Lipinski definition) is 3. The first-order valence-corrected chi connectivity index (χ1v) is 8.81. The fourth-order valence-electron chi connectivity index (χ4n) is 2.47. The van der Waals surface area contributed by atoms with E-state index in [0.29, 0.717) is 23.4 Å². The molecule has 0 aliphatic heterocycles. The quantitative estimate of drug-likeness (QED) is 0.805. The smallest absolute Gasteiger partial charge is 0.244 e. The molecule has 0 spiro atoms. The van der Waals surface area contributed by atoms with E-state index < -0.39 is 10.0 Å². The van der Waals surface area contributed by atoms with Crippen molar-refractivity contribution >= 4 is 10.0 Å². The van der Waals surface area contributed by atoms with Gasteiger partial charge in [0.2, 0.25) is 10.0 Å². The molecule has 1 aromatic rings. The van der Waals surface area contributed by atoms with Crippen LogP contribution in [-0.2, 0) is 16.6 Å². The molecule has 0 saturated heterocycles. The predicted octanol–water partition coefficient (Wildman–Crippen LogP) is 1.69. The second kappa shape index (κ2) is 5.16. The number of aromatic amines is 1. The summed E-state index contributed by atoms with van der Waals surface area (Å²) < 4.78 is 26.6. The lowest BCUT2D eigenvalue weighted by molar-refractivity contribution is 0.357. The van der Waals surface area contributed by atoms with E-state index in [2.05, 4.69) is 10.3 Å². The van der Waals surface area contributed by atoms with Crippen molar-refractivity contribution in [2.45, 2.75) is 56.1 Å². The first-order chi connectivity index (χ1) is 9.48. The number of sulfonamides is 1. The molecule has 1 aromatic heterocycles. The highest BCUT2D eigenvalue weighted by atomic mass is 32.2. The largest absolute Gasteiger partial charge is 0.363 e.